The number of rotatable bonds is 5. The Morgan fingerprint density at radius 2 is 2.32 bits per heavy atom. The molecule has 0 spiro atoms. The van der Waals surface area contributed by atoms with E-state index in [0.29, 0.717) is 12.6 Å². The van der Waals surface area contributed by atoms with Gasteiger partial charge in [-0.15, -0.1) is 0 Å². The number of nitrogens with zero attached hydrogens (tertiary/aromatic N) is 2. The van der Waals surface area contributed by atoms with Gasteiger partial charge in [0.25, 0.3) is 0 Å². The predicted molar refractivity (Wildman–Crippen MR) is 78.3 cm³/mol. The third-order valence-electron chi connectivity index (χ3n) is 3.50. The molecule has 106 valence electrons. The molecule has 1 saturated heterocycles. The quantitative estimate of drug-likeness (QED) is 0.885. The van der Waals surface area contributed by atoms with Crippen molar-refractivity contribution in [2.24, 2.45) is 5.73 Å². The summed E-state index contributed by atoms with van der Waals surface area (Å²) in [7, 11) is 0. The van der Waals surface area contributed by atoms with Gasteiger partial charge in [-0.3, -0.25) is 0 Å². The van der Waals surface area contributed by atoms with Crippen molar-refractivity contribution in [1.82, 2.24) is 4.98 Å². The van der Waals surface area contributed by atoms with Gasteiger partial charge in [0.1, 0.15) is 5.82 Å². The maximum absolute atomic E-state index is 5.88. The van der Waals surface area contributed by atoms with Gasteiger partial charge in [-0.25, -0.2) is 4.98 Å². The van der Waals surface area contributed by atoms with Gasteiger partial charge in [0.05, 0.1) is 6.10 Å². The average molecular weight is 263 g/mol. The average Bonchev–Trinajstić information content (AvgIpc) is 2.44. The lowest BCUT2D eigenvalue weighted by molar-refractivity contribution is 0.0439. The highest BCUT2D eigenvalue weighted by Gasteiger charge is 2.21. The Morgan fingerprint density at radius 3 is 3.05 bits per heavy atom. The number of nitrogens with two attached hydrogens (primary N) is 1. The van der Waals surface area contributed by atoms with Crippen molar-refractivity contribution in [3.05, 3.63) is 23.4 Å². The second-order valence-electron chi connectivity index (χ2n) is 5.26. The smallest absolute Gasteiger partial charge is 0.129 e. The van der Waals surface area contributed by atoms with Crippen molar-refractivity contribution in [3.8, 4) is 0 Å². The van der Waals surface area contributed by atoms with Crippen molar-refractivity contribution >= 4 is 5.82 Å². The molecule has 19 heavy (non-hydrogen) atoms. The summed E-state index contributed by atoms with van der Waals surface area (Å²) in [5, 5.41) is 0. The monoisotopic (exact) mass is 263 g/mol. The normalized spacial score (nSPS) is 19.7. The van der Waals surface area contributed by atoms with Gasteiger partial charge in [0.15, 0.2) is 0 Å². The second-order valence-corrected chi connectivity index (χ2v) is 5.26. The molecule has 2 N–H and O–H groups in total. The molecule has 1 aromatic heterocycles. The molecule has 0 radical (unpaired) electrons. The predicted octanol–water partition coefficient (Wildman–Crippen LogP) is 2.24. The number of hydrogen-bond acceptors (Lipinski definition) is 4. The van der Waals surface area contributed by atoms with Crippen LogP contribution in [0.3, 0.4) is 0 Å². The van der Waals surface area contributed by atoms with Gasteiger partial charge in [-0.05, 0) is 43.9 Å². The number of hydrogen-bond donors (Lipinski definition) is 1. The first kappa shape index (κ1) is 14.3. The highest BCUT2D eigenvalue weighted by Crippen LogP contribution is 2.21. The molecule has 1 fully saturated rings. The number of aryl methyl sites for hydroxylation is 1. The SMILES string of the molecule is CCCOC1CCCN(c2cc(CN)cc(C)n2)C1. The fraction of sp³-hybridized carbons (Fsp3) is 0.667. The largest absolute Gasteiger partial charge is 0.376 e. The van der Waals surface area contributed by atoms with Crippen LogP contribution < -0.4 is 10.6 Å². The van der Waals surface area contributed by atoms with Gasteiger partial charge >= 0.3 is 0 Å². The molecular formula is C15H25N3O. The summed E-state index contributed by atoms with van der Waals surface area (Å²) in [5.74, 6) is 1.05. The molecule has 2 heterocycles. The van der Waals surface area contributed by atoms with Crippen LogP contribution in [0.4, 0.5) is 5.82 Å². The molecule has 0 amide bonds. The summed E-state index contributed by atoms with van der Waals surface area (Å²) in [6.45, 7) is 7.61. The van der Waals surface area contributed by atoms with Crippen LogP contribution in [0.5, 0.6) is 0 Å². The van der Waals surface area contributed by atoms with Gasteiger partial charge in [-0.2, -0.15) is 0 Å². The molecular weight excluding hydrogens is 238 g/mol. The van der Waals surface area contributed by atoms with Crippen LogP contribution in [0, 0.1) is 6.92 Å². The molecule has 4 heteroatoms. The van der Waals surface area contributed by atoms with Gasteiger partial charge in [-0.1, -0.05) is 6.92 Å². The van der Waals surface area contributed by atoms with Crippen LogP contribution in [-0.2, 0) is 11.3 Å². The first-order chi connectivity index (χ1) is 9.22. The number of piperidine rings is 1. The van der Waals surface area contributed by atoms with E-state index in [2.05, 4.69) is 28.9 Å². The van der Waals surface area contributed by atoms with E-state index in [4.69, 9.17) is 10.5 Å². The van der Waals surface area contributed by atoms with E-state index in [-0.39, 0.29) is 0 Å². The molecule has 0 aliphatic carbocycles. The Balaban J connectivity index is 2.06. The van der Waals surface area contributed by atoms with Crippen LogP contribution in [0.25, 0.3) is 0 Å². The Bertz CT molecular complexity index is 408. The molecule has 0 saturated carbocycles. The lowest BCUT2D eigenvalue weighted by Gasteiger charge is -2.33. The van der Waals surface area contributed by atoms with E-state index >= 15 is 0 Å². The van der Waals surface area contributed by atoms with E-state index in [1.807, 2.05) is 6.92 Å². The molecule has 1 atom stereocenters. The lowest BCUT2D eigenvalue weighted by Crippen LogP contribution is -2.40. The highest BCUT2D eigenvalue weighted by atomic mass is 16.5. The van der Waals surface area contributed by atoms with Crippen molar-refractivity contribution in [3.63, 3.8) is 0 Å². The van der Waals surface area contributed by atoms with Gasteiger partial charge in [0.2, 0.25) is 0 Å². The first-order valence-corrected chi connectivity index (χ1v) is 7.27. The Hall–Kier alpha value is -1.13. The summed E-state index contributed by atoms with van der Waals surface area (Å²) < 4.78 is 5.88. The fourth-order valence-electron chi connectivity index (χ4n) is 2.57. The minimum atomic E-state index is 0.345. The van der Waals surface area contributed by atoms with E-state index in [9.17, 15) is 0 Å². The minimum absolute atomic E-state index is 0.345. The number of ether oxygens (including phenoxy) is 1. The molecule has 0 bridgehead atoms. The number of aromatic nitrogens is 1. The summed E-state index contributed by atoms with van der Waals surface area (Å²) in [6.07, 6.45) is 3.75. The molecule has 1 aliphatic heterocycles. The molecule has 1 aliphatic rings. The topological polar surface area (TPSA) is 51.4 Å². The van der Waals surface area contributed by atoms with Gasteiger partial charge < -0.3 is 15.4 Å². The van der Waals surface area contributed by atoms with E-state index in [1.54, 1.807) is 0 Å². The third kappa shape index (κ3) is 3.91. The summed E-state index contributed by atoms with van der Waals surface area (Å²) in [6, 6.07) is 4.16. The first-order valence-electron chi connectivity index (χ1n) is 7.27. The van der Waals surface area contributed by atoms with Crippen LogP contribution in [0.2, 0.25) is 0 Å². The number of anilines is 1. The molecule has 1 aromatic rings. The maximum atomic E-state index is 5.88. The van der Waals surface area contributed by atoms with Crippen LogP contribution in [0.1, 0.15) is 37.4 Å². The fourth-order valence-corrected chi connectivity index (χ4v) is 2.57. The second kappa shape index (κ2) is 6.87. The highest BCUT2D eigenvalue weighted by molar-refractivity contribution is 5.43. The van der Waals surface area contributed by atoms with Crippen LogP contribution >= 0.6 is 0 Å². The summed E-state index contributed by atoms with van der Waals surface area (Å²) in [4.78, 5) is 6.96. The zero-order valence-electron chi connectivity index (χ0n) is 12.1. The van der Waals surface area contributed by atoms with Crippen molar-refractivity contribution in [1.29, 1.82) is 0 Å². The van der Waals surface area contributed by atoms with E-state index < -0.39 is 0 Å². The Kier molecular flexibility index (Phi) is 5.16. The van der Waals surface area contributed by atoms with Crippen LogP contribution in [0.15, 0.2) is 12.1 Å². The summed E-state index contributed by atoms with van der Waals surface area (Å²) in [5.41, 5.74) is 7.93. The van der Waals surface area contributed by atoms with E-state index in [0.717, 1.165) is 49.6 Å². The molecule has 2 rings (SSSR count). The van der Waals surface area contributed by atoms with Gasteiger partial charge in [0, 0.05) is 31.9 Å². The lowest BCUT2D eigenvalue weighted by atomic mass is 10.1. The Labute approximate surface area is 116 Å². The van der Waals surface area contributed by atoms with Crippen molar-refractivity contribution < 1.29 is 4.74 Å². The maximum Gasteiger partial charge on any atom is 0.129 e. The Morgan fingerprint density at radius 1 is 1.47 bits per heavy atom. The molecule has 0 aromatic carbocycles. The number of pyridine rings is 1. The van der Waals surface area contributed by atoms with Crippen molar-refractivity contribution in [2.45, 2.75) is 45.8 Å². The molecule has 1 unspecified atom stereocenters. The molecule has 4 nitrogen and oxygen atoms in total. The van der Waals surface area contributed by atoms with E-state index in [1.165, 1.54) is 6.42 Å². The zero-order chi connectivity index (χ0) is 13.7. The zero-order valence-corrected chi connectivity index (χ0v) is 12.1. The van der Waals surface area contributed by atoms with Crippen molar-refractivity contribution in [2.75, 3.05) is 24.6 Å². The standard InChI is InChI=1S/C15H25N3O/c1-3-7-19-14-5-4-6-18(11-14)15-9-13(10-16)8-12(2)17-15/h8-9,14H,3-7,10-11,16H2,1-2H3. The third-order valence-corrected chi connectivity index (χ3v) is 3.50. The van der Waals surface area contributed by atoms with Crippen LogP contribution in [-0.4, -0.2) is 30.8 Å². The summed E-state index contributed by atoms with van der Waals surface area (Å²) >= 11 is 0. The minimum Gasteiger partial charge on any atom is -0.376 e.